The van der Waals surface area contributed by atoms with Crippen LogP contribution in [-0.4, -0.2) is 34.1 Å². The highest BCUT2D eigenvalue weighted by atomic mass is 16.4. The summed E-state index contributed by atoms with van der Waals surface area (Å²) in [5.41, 5.74) is 1.81. The van der Waals surface area contributed by atoms with Crippen molar-refractivity contribution in [2.75, 3.05) is 18.0 Å². The summed E-state index contributed by atoms with van der Waals surface area (Å²) in [5.74, 6) is 0.620. The van der Waals surface area contributed by atoms with Gasteiger partial charge in [-0.25, -0.2) is 4.98 Å². The van der Waals surface area contributed by atoms with Gasteiger partial charge < -0.3 is 10.0 Å². The molecule has 1 aromatic carbocycles. The molecule has 5 nitrogen and oxygen atoms in total. The number of anilines is 1. The molecule has 3 rings (SSSR count). The van der Waals surface area contributed by atoms with Crippen LogP contribution < -0.4 is 4.90 Å². The lowest BCUT2D eigenvalue weighted by atomic mass is 9.93. The van der Waals surface area contributed by atoms with E-state index in [1.165, 1.54) is 0 Å². The first kappa shape index (κ1) is 13.8. The van der Waals surface area contributed by atoms with Crippen LogP contribution in [0.3, 0.4) is 0 Å². The van der Waals surface area contributed by atoms with Crippen LogP contribution >= 0.6 is 0 Å². The summed E-state index contributed by atoms with van der Waals surface area (Å²) in [4.78, 5) is 22.1. The zero-order valence-electron chi connectivity index (χ0n) is 11.9. The van der Waals surface area contributed by atoms with Gasteiger partial charge in [0, 0.05) is 19.5 Å². The van der Waals surface area contributed by atoms with E-state index in [1.54, 1.807) is 0 Å². The van der Waals surface area contributed by atoms with Crippen molar-refractivity contribution < 1.29 is 9.90 Å². The molecule has 1 saturated heterocycles. The quantitative estimate of drug-likeness (QED) is 0.935. The van der Waals surface area contributed by atoms with E-state index in [-0.39, 0.29) is 6.42 Å². The van der Waals surface area contributed by atoms with Crippen LogP contribution in [0.2, 0.25) is 0 Å². The Kier molecular flexibility index (Phi) is 3.99. The molecule has 2 heterocycles. The van der Waals surface area contributed by atoms with E-state index < -0.39 is 5.97 Å². The predicted octanol–water partition coefficient (Wildman–Crippen LogP) is 2.71. The Morgan fingerprint density at radius 1 is 1.33 bits per heavy atom. The van der Waals surface area contributed by atoms with E-state index in [0.29, 0.717) is 5.92 Å². The van der Waals surface area contributed by atoms with E-state index in [4.69, 9.17) is 5.11 Å². The zero-order valence-corrected chi connectivity index (χ0v) is 11.9. The van der Waals surface area contributed by atoms with Crippen LogP contribution in [-0.2, 0) is 4.79 Å². The van der Waals surface area contributed by atoms with Gasteiger partial charge in [0.2, 0.25) is 0 Å². The van der Waals surface area contributed by atoms with Gasteiger partial charge in [-0.2, -0.15) is 0 Å². The van der Waals surface area contributed by atoms with Gasteiger partial charge in [0.15, 0.2) is 0 Å². The Hall–Kier alpha value is -2.17. The highest BCUT2D eigenvalue weighted by Gasteiger charge is 2.21. The minimum absolute atomic E-state index is 0.252. The molecule has 1 N–H and O–H groups in total. The van der Waals surface area contributed by atoms with Gasteiger partial charge in [-0.3, -0.25) is 9.78 Å². The molecule has 1 unspecified atom stereocenters. The number of aliphatic carboxylic acids is 1. The number of fused-ring (bicyclic) bond motifs is 1. The Labute approximate surface area is 123 Å². The van der Waals surface area contributed by atoms with Crippen LogP contribution in [0.1, 0.15) is 25.7 Å². The molecule has 1 aliphatic heterocycles. The summed E-state index contributed by atoms with van der Waals surface area (Å²) in [6.45, 7) is 1.84. The molecule has 1 aliphatic rings. The number of hydrogen-bond donors (Lipinski definition) is 1. The second-order valence-corrected chi connectivity index (χ2v) is 5.60. The van der Waals surface area contributed by atoms with E-state index in [9.17, 15) is 4.79 Å². The minimum Gasteiger partial charge on any atom is -0.481 e. The Bertz CT molecular complexity index is 644. The number of benzene rings is 1. The first-order valence-electron chi connectivity index (χ1n) is 7.41. The number of hydrogen-bond acceptors (Lipinski definition) is 4. The fourth-order valence-corrected chi connectivity index (χ4v) is 2.94. The van der Waals surface area contributed by atoms with Crippen LogP contribution in [0.25, 0.3) is 11.0 Å². The van der Waals surface area contributed by atoms with Crippen LogP contribution in [0.15, 0.2) is 30.5 Å². The van der Waals surface area contributed by atoms with Crippen molar-refractivity contribution in [3.63, 3.8) is 0 Å². The molecular formula is C16H19N3O2. The summed E-state index contributed by atoms with van der Waals surface area (Å²) in [7, 11) is 0. The molecule has 1 aromatic heterocycles. The molecular weight excluding hydrogens is 266 g/mol. The third-order valence-electron chi connectivity index (χ3n) is 4.05. The highest BCUT2D eigenvalue weighted by molar-refractivity contribution is 5.75. The molecule has 0 bridgehead atoms. The monoisotopic (exact) mass is 285 g/mol. The van der Waals surface area contributed by atoms with Crippen LogP contribution in [0.4, 0.5) is 5.82 Å². The van der Waals surface area contributed by atoms with Crippen molar-refractivity contribution in [2.24, 2.45) is 5.92 Å². The van der Waals surface area contributed by atoms with Crippen LogP contribution in [0, 0.1) is 5.92 Å². The lowest BCUT2D eigenvalue weighted by Gasteiger charge is -2.33. The largest absolute Gasteiger partial charge is 0.481 e. The molecule has 110 valence electrons. The molecule has 21 heavy (non-hydrogen) atoms. The summed E-state index contributed by atoms with van der Waals surface area (Å²) in [5, 5.41) is 8.81. The number of aromatic nitrogens is 2. The van der Waals surface area contributed by atoms with E-state index in [1.807, 2.05) is 30.5 Å². The normalized spacial score (nSPS) is 18.9. The topological polar surface area (TPSA) is 66.3 Å². The van der Waals surface area contributed by atoms with Crippen molar-refractivity contribution in [1.82, 2.24) is 9.97 Å². The third kappa shape index (κ3) is 3.29. The number of rotatable bonds is 4. The summed E-state index contributed by atoms with van der Waals surface area (Å²) >= 11 is 0. The maximum absolute atomic E-state index is 10.7. The van der Waals surface area contributed by atoms with Gasteiger partial charge in [0.1, 0.15) is 5.82 Å². The van der Waals surface area contributed by atoms with Crippen molar-refractivity contribution in [1.29, 1.82) is 0 Å². The standard InChI is InChI=1S/C16H19N3O2/c20-16(21)8-7-12-4-3-9-19(11-12)15-10-17-13-5-1-2-6-14(13)18-15/h1-2,5-6,10,12H,3-4,7-9,11H2,(H,20,21). The maximum atomic E-state index is 10.7. The highest BCUT2D eigenvalue weighted by Crippen LogP contribution is 2.25. The number of nitrogens with zero attached hydrogens (tertiary/aromatic N) is 3. The summed E-state index contributed by atoms with van der Waals surface area (Å²) < 4.78 is 0. The molecule has 5 heteroatoms. The van der Waals surface area contributed by atoms with E-state index >= 15 is 0 Å². The lowest BCUT2D eigenvalue weighted by Crippen LogP contribution is -2.36. The van der Waals surface area contributed by atoms with Crippen molar-refractivity contribution in [3.05, 3.63) is 30.5 Å². The second kappa shape index (κ2) is 6.08. The molecule has 0 amide bonds. The Morgan fingerprint density at radius 2 is 2.14 bits per heavy atom. The first-order valence-corrected chi connectivity index (χ1v) is 7.41. The smallest absolute Gasteiger partial charge is 0.303 e. The van der Waals surface area contributed by atoms with Gasteiger partial charge in [-0.15, -0.1) is 0 Å². The fraction of sp³-hybridized carbons (Fsp3) is 0.438. The van der Waals surface area contributed by atoms with Gasteiger partial charge in [0.05, 0.1) is 17.2 Å². The Balaban J connectivity index is 1.73. The molecule has 0 radical (unpaired) electrons. The maximum Gasteiger partial charge on any atom is 0.303 e. The average molecular weight is 285 g/mol. The van der Waals surface area contributed by atoms with Gasteiger partial charge in [0.25, 0.3) is 0 Å². The number of para-hydroxylation sites is 2. The van der Waals surface area contributed by atoms with Crippen molar-refractivity contribution in [2.45, 2.75) is 25.7 Å². The molecule has 2 aromatic rings. The van der Waals surface area contributed by atoms with Crippen molar-refractivity contribution in [3.8, 4) is 0 Å². The zero-order chi connectivity index (χ0) is 14.7. The van der Waals surface area contributed by atoms with Gasteiger partial charge in [-0.05, 0) is 37.3 Å². The lowest BCUT2D eigenvalue weighted by molar-refractivity contribution is -0.137. The second-order valence-electron chi connectivity index (χ2n) is 5.60. The van der Waals surface area contributed by atoms with E-state index in [2.05, 4.69) is 14.9 Å². The minimum atomic E-state index is -0.711. The fourth-order valence-electron chi connectivity index (χ4n) is 2.94. The number of carboxylic acid groups (broad SMARTS) is 1. The van der Waals surface area contributed by atoms with E-state index in [0.717, 1.165) is 49.2 Å². The summed E-state index contributed by atoms with van der Waals surface area (Å²) in [6.07, 6.45) is 5.00. The number of piperidine rings is 1. The molecule has 1 atom stereocenters. The first-order chi connectivity index (χ1) is 10.2. The number of carbonyl (C=O) groups is 1. The Morgan fingerprint density at radius 3 is 2.95 bits per heavy atom. The van der Waals surface area contributed by atoms with Gasteiger partial charge >= 0.3 is 5.97 Å². The predicted molar refractivity (Wildman–Crippen MR) is 81.3 cm³/mol. The van der Waals surface area contributed by atoms with Crippen LogP contribution in [0.5, 0.6) is 0 Å². The summed E-state index contributed by atoms with van der Waals surface area (Å²) in [6, 6.07) is 7.85. The molecule has 1 fully saturated rings. The molecule has 0 saturated carbocycles. The van der Waals surface area contributed by atoms with Gasteiger partial charge in [-0.1, -0.05) is 12.1 Å². The SMILES string of the molecule is O=C(O)CCC1CCCN(c2cnc3ccccc3n2)C1. The third-order valence-corrected chi connectivity index (χ3v) is 4.05. The average Bonchev–Trinajstić information content (AvgIpc) is 2.53. The molecule has 0 aliphatic carbocycles. The molecule has 0 spiro atoms. The number of carboxylic acids is 1. The van der Waals surface area contributed by atoms with Crippen molar-refractivity contribution >= 4 is 22.8 Å².